The SMILES string of the molecule is Cn1cnnc1C1CCN(CC2CC(=O)N(c3ccccc3)C2)CC1. The Labute approximate surface area is 148 Å². The first-order valence-corrected chi connectivity index (χ1v) is 9.12. The predicted octanol–water partition coefficient (Wildman–Crippen LogP) is 2.05. The topological polar surface area (TPSA) is 54.3 Å². The molecule has 0 aliphatic carbocycles. The summed E-state index contributed by atoms with van der Waals surface area (Å²) in [6, 6.07) is 10.0. The average molecular weight is 339 g/mol. The fourth-order valence-corrected chi connectivity index (χ4v) is 4.16. The predicted molar refractivity (Wildman–Crippen MR) is 96.3 cm³/mol. The number of hydrogen-bond acceptors (Lipinski definition) is 4. The van der Waals surface area contributed by atoms with E-state index in [4.69, 9.17) is 0 Å². The normalized spacial score (nSPS) is 22.7. The van der Waals surface area contributed by atoms with Crippen molar-refractivity contribution in [2.45, 2.75) is 25.2 Å². The summed E-state index contributed by atoms with van der Waals surface area (Å²) in [6.07, 6.45) is 4.69. The Morgan fingerprint density at radius 2 is 1.92 bits per heavy atom. The minimum absolute atomic E-state index is 0.255. The van der Waals surface area contributed by atoms with Crippen LogP contribution in [0.4, 0.5) is 5.69 Å². The molecule has 2 fully saturated rings. The van der Waals surface area contributed by atoms with Crippen LogP contribution in [0.15, 0.2) is 36.7 Å². The number of anilines is 1. The van der Waals surface area contributed by atoms with Crippen LogP contribution in [-0.4, -0.2) is 51.8 Å². The van der Waals surface area contributed by atoms with Crippen molar-refractivity contribution in [3.63, 3.8) is 0 Å². The summed E-state index contributed by atoms with van der Waals surface area (Å²) in [5.41, 5.74) is 1.02. The molecule has 0 radical (unpaired) electrons. The monoisotopic (exact) mass is 339 g/mol. The number of carbonyl (C=O) groups is 1. The van der Waals surface area contributed by atoms with Crippen molar-refractivity contribution in [1.29, 1.82) is 0 Å². The van der Waals surface area contributed by atoms with Gasteiger partial charge in [-0.2, -0.15) is 0 Å². The van der Waals surface area contributed by atoms with Crippen LogP contribution in [0.1, 0.15) is 31.0 Å². The largest absolute Gasteiger partial charge is 0.320 e. The molecule has 2 aliphatic heterocycles. The lowest BCUT2D eigenvalue weighted by atomic mass is 9.95. The third kappa shape index (κ3) is 3.44. The van der Waals surface area contributed by atoms with E-state index in [-0.39, 0.29) is 5.91 Å². The van der Waals surface area contributed by atoms with Crippen molar-refractivity contribution in [1.82, 2.24) is 19.7 Å². The zero-order chi connectivity index (χ0) is 17.2. The van der Waals surface area contributed by atoms with Crippen molar-refractivity contribution in [3.8, 4) is 0 Å². The van der Waals surface area contributed by atoms with Gasteiger partial charge in [0.25, 0.3) is 0 Å². The smallest absolute Gasteiger partial charge is 0.227 e. The first-order chi connectivity index (χ1) is 12.2. The van der Waals surface area contributed by atoms with E-state index in [0.29, 0.717) is 18.3 Å². The molecule has 2 saturated heterocycles. The quantitative estimate of drug-likeness (QED) is 0.855. The van der Waals surface area contributed by atoms with Gasteiger partial charge in [0.15, 0.2) is 0 Å². The first-order valence-electron chi connectivity index (χ1n) is 9.12. The Hall–Kier alpha value is -2.21. The molecule has 2 aromatic rings. The molecule has 1 atom stereocenters. The molecule has 0 spiro atoms. The van der Waals surface area contributed by atoms with Crippen LogP contribution in [0.2, 0.25) is 0 Å². The van der Waals surface area contributed by atoms with Crippen molar-refractivity contribution in [3.05, 3.63) is 42.5 Å². The number of benzene rings is 1. The summed E-state index contributed by atoms with van der Waals surface area (Å²) < 4.78 is 2.04. The maximum absolute atomic E-state index is 12.4. The molecule has 6 heteroatoms. The molecule has 1 aromatic carbocycles. The number of nitrogens with zero attached hydrogens (tertiary/aromatic N) is 5. The van der Waals surface area contributed by atoms with Crippen molar-refractivity contribution < 1.29 is 4.79 Å². The van der Waals surface area contributed by atoms with Gasteiger partial charge in [-0.05, 0) is 44.0 Å². The maximum atomic E-state index is 12.4. The lowest BCUT2D eigenvalue weighted by molar-refractivity contribution is -0.117. The molecule has 3 heterocycles. The molecule has 25 heavy (non-hydrogen) atoms. The van der Waals surface area contributed by atoms with Crippen LogP contribution in [0.3, 0.4) is 0 Å². The maximum Gasteiger partial charge on any atom is 0.227 e. The van der Waals surface area contributed by atoms with Crippen LogP contribution in [0, 0.1) is 5.92 Å². The van der Waals surface area contributed by atoms with Crippen molar-refractivity contribution in [2.75, 3.05) is 31.1 Å². The van der Waals surface area contributed by atoms with Crippen LogP contribution in [0.5, 0.6) is 0 Å². The van der Waals surface area contributed by atoms with Gasteiger partial charge in [-0.25, -0.2) is 0 Å². The van der Waals surface area contributed by atoms with E-state index >= 15 is 0 Å². The Morgan fingerprint density at radius 3 is 2.60 bits per heavy atom. The van der Waals surface area contributed by atoms with Crippen LogP contribution < -0.4 is 4.90 Å². The molecule has 6 nitrogen and oxygen atoms in total. The van der Waals surface area contributed by atoms with Gasteiger partial charge in [-0.3, -0.25) is 4.79 Å². The molecule has 0 bridgehead atoms. The number of hydrogen-bond donors (Lipinski definition) is 0. The third-order valence-electron chi connectivity index (χ3n) is 5.49. The van der Waals surface area contributed by atoms with E-state index < -0.39 is 0 Å². The van der Waals surface area contributed by atoms with E-state index in [1.807, 2.05) is 46.8 Å². The minimum atomic E-state index is 0.255. The summed E-state index contributed by atoms with van der Waals surface area (Å²) in [5.74, 6) is 2.30. The molecule has 2 aliphatic rings. The van der Waals surface area contributed by atoms with Crippen LogP contribution in [-0.2, 0) is 11.8 Å². The van der Waals surface area contributed by atoms with Gasteiger partial charge >= 0.3 is 0 Å². The molecule has 1 amide bonds. The van der Waals surface area contributed by atoms with Gasteiger partial charge in [0.1, 0.15) is 12.2 Å². The molecule has 0 saturated carbocycles. The summed E-state index contributed by atoms with van der Waals surface area (Å²) in [7, 11) is 2.02. The second-order valence-electron chi connectivity index (χ2n) is 7.28. The van der Waals surface area contributed by atoms with Gasteiger partial charge < -0.3 is 14.4 Å². The van der Waals surface area contributed by atoms with E-state index in [2.05, 4.69) is 15.1 Å². The zero-order valence-corrected chi connectivity index (χ0v) is 14.7. The molecule has 4 rings (SSSR count). The number of amides is 1. The van der Waals surface area contributed by atoms with E-state index in [1.165, 1.54) is 0 Å². The van der Waals surface area contributed by atoms with E-state index in [9.17, 15) is 4.79 Å². The zero-order valence-electron chi connectivity index (χ0n) is 14.7. The second kappa shape index (κ2) is 6.96. The Bertz CT molecular complexity index is 720. The molecule has 0 N–H and O–H groups in total. The minimum Gasteiger partial charge on any atom is -0.320 e. The number of para-hydroxylation sites is 1. The molecule has 1 aromatic heterocycles. The lowest BCUT2D eigenvalue weighted by Crippen LogP contribution is -2.37. The van der Waals surface area contributed by atoms with Crippen molar-refractivity contribution >= 4 is 11.6 Å². The molecular weight excluding hydrogens is 314 g/mol. The van der Waals surface area contributed by atoms with Gasteiger partial charge in [-0.15, -0.1) is 10.2 Å². The Kier molecular flexibility index (Phi) is 4.53. The summed E-state index contributed by atoms with van der Waals surface area (Å²) in [5, 5.41) is 8.27. The number of aromatic nitrogens is 3. The highest BCUT2D eigenvalue weighted by Crippen LogP contribution is 2.29. The number of aryl methyl sites for hydroxylation is 1. The number of carbonyl (C=O) groups excluding carboxylic acids is 1. The number of likely N-dealkylation sites (tertiary alicyclic amines) is 1. The highest BCUT2D eigenvalue weighted by atomic mass is 16.2. The van der Waals surface area contributed by atoms with Crippen LogP contribution >= 0.6 is 0 Å². The highest BCUT2D eigenvalue weighted by Gasteiger charge is 2.33. The summed E-state index contributed by atoms with van der Waals surface area (Å²) in [6.45, 7) is 4.01. The van der Waals surface area contributed by atoms with Gasteiger partial charge in [0, 0.05) is 38.2 Å². The Balaban J connectivity index is 1.31. The van der Waals surface area contributed by atoms with Gasteiger partial charge in [0.05, 0.1) is 0 Å². The van der Waals surface area contributed by atoms with E-state index in [1.54, 1.807) is 6.33 Å². The lowest BCUT2D eigenvalue weighted by Gasteiger charge is -2.32. The highest BCUT2D eigenvalue weighted by molar-refractivity contribution is 5.95. The molecular formula is C19H25N5O. The van der Waals surface area contributed by atoms with Gasteiger partial charge in [-0.1, -0.05) is 18.2 Å². The standard InChI is InChI=1S/C19H25N5O/c1-22-14-20-21-19(22)16-7-9-23(10-8-16)12-15-11-18(25)24(13-15)17-5-3-2-4-6-17/h2-6,14-16H,7-13H2,1H3. The number of piperidine rings is 1. The Morgan fingerprint density at radius 1 is 1.16 bits per heavy atom. The average Bonchev–Trinajstić information content (AvgIpc) is 3.22. The van der Waals surface area contributed by atoms with Gasteiger partial charge in [0.2, 0.25) is 5.91 Å². The van der Waals surface area contributed by atoms with Crippen LogP contribution in [0.25, 0.3) is 0 Å². The number of rotatable bonds is 4. The molecule has 132 valence electrons. The summed E-state index contributed by atoms with van der Waals surface area (Å²) in [4.78, 5) is 16.8. The van der Waals surface area contributed by atoms with Crippen molar-refractivity contribution in [2.24, 2.45) is 13.0 Å². The van der Waals surface area contributed by atoms with E-state index in [0.717, 1.165) is 50.5 Å². The fourth-order valence-electron chi connectivity index (χ4n) is 4.16. The fraction of sp³-hybridized carbons (Fsp3) is 0.526. The second-order valence-corrected chi connectivity index (χ2v) is 7.28. The third-order valence-corrected chi connectivity index (χ3v) is 5.49. The first kappa shape index (κ1) is 16.3. The summed E-state index contributed by atoms with van der Waals surface area (Å²) >= 11 is 0. The molecule has 1 unspecified atom stereocenters.